The molecule has 0 N–H and O–H groups in total. The molecule has 0 saturated carbocycles. The third-order valence-corrected chi connectivity index (χ3v) is 6.94. The van der Waals surface area contributed by atoms with Crippen molar-refractivity contribution < 1.29 is 9.53 Å². The third kappa shape index (κ3) is 3.75. The van der Waals surface area contributed by atoms with Crippen LogP contribution < -0.4 is 4.74 Å². The number of carbonyl (C=O) groups excluding carboxylic acids is 1. The summed E-state index contributed by atoms with van der Waals surface area (Å²) < 4.78 is 5.26. The fraction of sp³-hybridized carbons (Fsp3) is 0.0556. The second kappa shape index (κ2) is 7.17. The van der Waals surface area contributed by atoms with E-state index in [4.69, 9.17) is 4.74 Å². The Morgan fingerprint density at radius 2 is 1.52 bits per heavy atom. The van der Waals surface area contributed by atoms with Crippen molar-refractivity contribution in [1.82, 2.24) is 0 Å². The molecule has 0 radical (unpaired) electrons. The van der Waals surface area contributed by atoms with Crippen molar-refractivity contribution in [2.24, 2.45) is 0 Å². The summed E-state index contributed by atoms with van der Waals surface area (Å²) in [6.07, 6.45) is 0. The molecule has 0 fully saturated rings. The molecule has 2 aromatic heterocycles. The van der Waals surface area contributed by atoms with Crippen LogP contribution in [0.25, 0.3) is 0 Å². The van der Waals surface area contributed by atoms with E-state index in [1.807, 2.05) is 24.3 Å². The highest BCUT2D eigenvalue weighted by molar-refractivity contribution is 7.97. The summed E-state index contributed by atoms with van der Waals surface area (Å²) in [5, 5.41) is 8.58. The number of hydrogen-bond acceptors (Lipinski definition) is 4. The molecule has 0 aliphatic rings. The fourth-order valence-corrected chi connectivity index (χ4v) is 5.92. The van der Waals surface area contributed by atoms with Gasteiger partial charge in [0.15, 0.2) is 14.7 Å². The van der Waals surface area contributed by atoms with Crippen LogP contribution >= 0.6 is 22.7 Å². The lowest BCUT2D eigenvalue weighted by Gasteiger charge is -2.06. The molecule has 0 saturated heterocycles. The zero-order valence-electron chi connectivity index (χ0n) is 12.5. The van der Waals surface area contributed by atoms with Crippen LogP contribution in [0.3, 0.4) is 0 Å². The molecule has 116 valence electrons. The molecule has 2 heterocycles. The largest absolute Gasteiger partial charge is 0.423 e. The Bertz CT molecular complexity index is 753. The highest BCUT2D eigenvalue weighted by Crippen LogP contribution is 2.34. The van der Waals surface area contributed by atoms with E-state index in [0.717, 1.165) is 0 Å². The lowest BCUT2D eigenvalue weighted by Crippen LogP contribution is -2.08. The molecule has 0 spiro atoms. The maximum absolute atomic E-state index is 11.6. The van der Waals surface area contributed by atoms with Crippen LogP contribution in [-0.2, 0) is 15.7 Å². The maximum Gasteiger partial charge on any atom is 0.338 e. The van der Waals surface area contributed by atoms with Gasteiger partial charge in [-0.25, -0.2) is 4.79 Å². The van der Waals surface area contributed by atoms with E-state index in [0.29, 0.717) is 11.3 Å². The van der Waals surface area contributed by atoms with Crippen molar-refractivity contribution in [1.29, 1.82) is 0 Å². The number of esters is 1. The molecule has 2 nitrogen and oxygen atoms in total. The average Bonchev–Trinajstić information content (AvgIpc) is 3.23. The van der Waals surface area contributed by atoms with Gasteiger partial charge in [-0.1, -0.05) is 6.58 Å². The van der Waals surface area contributed by atoms with E-state index < -0.39 is 5.97 Å². The monoisotopic (exact) mass is 359 g/mol. The molecule has 0 unspecified atom stereocenters. The van der Waals surface area contributed by atoms with Gasteiger partial charge in [-0.3, -0.25) is 0 Å². The standard InChI is InChI=1S/C18H15O2S3/c1-13(2)18(19)20-14-3-5-15(6-4-14)23(16-7-9-21-11-16)17-8-10-22-12-17/h3-12H,1H2,2H3/q+1. The average molecular weight is 360 g/mol. The van der Waals surface area contributed by atoms with Crippen LogP contribution in [0.4, 0.5) is 0 Å². The Morgan fingerprint density at radius 1 is 0.957 bits per heavy atom. The lowest BCUT2D eigenvalue weighted by molar-refractivity contribution is -0.130. The normalized spacial score (nSPS) is 10.7. The number of benzene rings is 1. The number of hydrogen-bond donors (Lipinski definition) is 0. The quantitative estimate of drug-likeness (QED) is 0.264. The van der Waals surface area contributed by atoms with E-state index >= 15 is 0 Å². The molecular formula is C18H15O2S3+. The summed E-state index contributed by atoms with van der Waals surface area (Å²) in [5.41, 5.74) is 0.394. The van der Waals surface area contributed by atoms with Crippen LogP contribution in [0.1, 0.15) is 6.92 Å². The van der Waals surface area contributed by atoms with E-state index in [-0.39, 0.29) is 10.9 Å². The summed E-state index contributed by atoms with van der Waals surface area (Å²) in [7, 11) is -0.119. The molecule has 0 aliphatic carbocycles. The number of thiophene rings is 2. The van der Waals surface area contributed by atoms with Gasteiger partial charge in [-0.05, 0) is 41.9 Å². The minimum atomic E-state index is -0.396. The molecule has 3 rings (SSSR count). The SMILES string of the molecule is C=C(C)C(=O)Oc1ccc([S+](c2ccsc2)c2ccsc2)cc1. The van der Waals surface area contributed by atoms with Crippen LogP contribution in [0.2, 0.25) is 0 Å². The third-order valence-electron chi connectivity index (χ3n) is 3.08. The predicted octanol–water partition coefficient (Wildman–Crippen LogP) is 5.39. The predicted molar refractivity (Wildman–Crippen MR) is 97.7 cm³/mol. The molecule has 0 bridgehead atoms. The van der Waals surface area contributed by atoms with Crippen molar-refractivity contribution in [2.45, 2.75) is 21.6 Å². The lowest BCUT2D eigenvalue weighted by atomic mass is 10.3. The maximum atomic E-state index is 11.6. The minimum absolute atomic E-state index is 0.119. The van der Waals surface area contributed by atoms with Crippen molar-refractivity contribution in [3.8, 4) is 5.75 Å². The summed E-state index contributed by atoms with van der Waals surface area (Å²) in [6.45, 7) is 5.23. The molecule has 1 aromatic carbocycles. The van der Waals surface area contributed by atoms with Gasteiger partial charge in [-0.15, -0.1) is 22.7 Å². The van der Waals surface area contributed by atoms with E-state index in [9.17, 15) is 4.79 Å². The summed E-state index contributed by atoms with van der Waals surface area (Å²) in [6, 6.07) is 12.1. The first-order valence-electron chi connectivity index (χ1n) is 6.91. The number of carbonyl (C=O) groups is 1. The summed E-state index contributed by atoms with van der Waals surface area (Å²) >= 11 is 3.41. The van der Waals surface area contributed by atoms with Crippen LogP contribution in [0, 0.1) is 0 Å². The van der Waals surface area contributed by atoms with Gasteiger partial charge < -0.3 is 4.74 Å². The molecule has 0 aliphatic heterocycles. The van der Waals surface area contributed by atoms with Crippen LogP contribution in [0.5, 0.6) is 5.75 Å². The van der Waals surface area contributed by atoms with Gasteiger partial charge in [-0.2, -0.15) is 0 Å². The molecule has 0 amide bonds. The molecule has 0 atom stereocenters. The first-order chi connectivity index (χ1) is 11.1. The van der Waals surface area contributed by atoms with Gasteiger partial charge in [0, 0.05) is 28.5 Å². The zero-order valence-corrected chi connectivity index (χ0v) is 15.0. The highest BCUT2D eigenvalue weighted by atomic mass is 32.2. The second-order valence-electron chi connectivity index (χ2n) is 4.87. The molecular weight excluding hydrogens is 344 g/mol. The van der Waals surface area contributed by atoms with Crippen molar-refractivity contribution in [3.05, 3.63) is 70.1 Å². The first kappa shape index (κ1) is 16.1. The Kier molecular flexibility index (Phi) is 5.00. The molecule has 5 heteroatoms. The Balaban J connectivity index is 1.89. The Labute approximate surface area is 146 Å². The topological polar surface area (TPSA) is 26.3 Å². The summed E-state index contributed by atoms with van der Waals surface area (Å²) in [5.74, 6) is 0.147. The van der Waals surface area contributed by atoms with Gasteiger partial charge in [0.2, 0.25) is 0 Å². The fourth-order valence-electron chi connectivity index (χ4n) is 1.98. The van der Waals surface area contributed by atoms with Gasteiger partial charge in [0.25, 0.3) is 0 Å². The van der Waals surface area contributed by atoms with Crippen LogP contribution in [0.15, 0.2) is 84.8 Å². The number of ether oxygens (including phenoxy) is 1. The van der Waals surface area contributed by atoms with E-state index in [2.05, 4.69) is 40.2 Å². The van der Waals surface area contributed by atoms with Crippen molar-refractivity contribution >= 4 is 39.5 Å². The van der Waals surface area contributed by atoms with Crippen molar-refractivity contribution in [2.75, 3.05) is 0 Å². The highest BCUT2D eigenvalue weighted by Gasteiger charge is 2.29. The molecule has 23 heavy (non-hydrogen) atoms. The summed E-state index contributed by atoms with van der Waals surface area (Å²) in [4.78, 5) is 15.4. The second-order valence-corrected chi connectivity index (χ2v) is 8.45. The minimum Gasteiger partial charge on any atom is -0.423 e. The molecule has 3 aromatic rings. The smallest absolute Gasteiger partial charge is 0.338 e. The van der Waals surface area contributed by atoms with Gasteiger partial charge >= 0.3 is 5.97 Å². The Hall–Kier alpha value is -1.82. The first-order valence-corrected chi connectivity index (χ1v) is 10.0. The van der Waals surface area contributed by atoms with Crippen molar-refractivity contribution in [3.63, 3.8) is 0 Å². The zero-order chi connectivity index (χ0) is 16.2. The van der Waals surface area contributed by atoms with Crippen LogP contribution in [-0.4, -0.2) is 5.97 Å². The van der Waals surface area contributed by atoms with Gasteiger partial charge in [0.05, 0.1) is 0 Å². The van der Waals surface area contributed by atoms with E-state index in [1.165, 1.54) is 14.7 Å². The van der Waals surface area contributed by atoms with E-state index in [1.54, 1.807) is 29.6 Å². The number of rotatable bonds is 5. The Morgan fingerprint density at radius 3 is 1.96 bits per heavy atom. The van der Waals surface area contributed by atoms with Gasteiger partial charge in [0.1, 0.15) is 16.6 Å².